The molecule has 0 aliphatic rings. The van der Waals surface area contributed by atoms with Crippen LogP contribution in [0.4, 0.5) is 23.1 Å². The summed E-state index contributed by atoms with van der Waals surface area (Å²) in [5.74, 6) is 1.97. The van der Waals surface area contributed by atoms with E-state index in [4.69, 9.17) is 10.00 Å². The smallest absolute Gasteiger partial charge is 0.229 e. The first-order chi connectivity index (χ1) is 12.7. The molecule has 2 N–H and O–H groups in total. The SMILES string of the molecule is CCOc1ccc(Nc2nc(C)cc(Nc3cccc(C#N)c3)n2)cc1. The largest absolute Gasteiger partial charge is 0.494 e. The van der Waals surface area contributed by atoms with Gasteiger partial charge in [-0.15, -0.1) is 0 Å². The van der Waals surface area contributed by atoms with Gasteiger partial charge in [0, 0.05) is 23.1 Å². The van der Waals surface area contributed by atoms with Crippen LogP contribution in [0, 0.1) is 18.3 Å². The van der Waals surface area contributed by atoms with Crippen molar-refractivity contribution in [3.63, 3.8) is 0 Å². The van der Waals surface area contributed by atoms with Gasteiger partial charge in [-0.1, -0.05) is 6.07 Å². The number of aryl methyl sites for hydroxylation is 1. The van der Waals surface area contributed by atoms with Crippen LogP contribution >= 0.6 is 0 Å². The molecule has 0 spiro atoms. The number of benzene rings is 2. The maximum Gasteiger partial charge on any atom is 0.229 e. The van der Waals surface area contributed by atoms with E-state index in [1.807, 2.05) is 56.3 Å². The van der Waals surface area contributed by atoms with Gasteiger partial charge in [0.25, 0.3) is 0 Å². The molecular weight excluding hydrogens is 326 g/mol. The summed E-state index contributed by atoms with van der Waals surface area (Å²) in [7, 11) is 0. The lowest BCUT2D eigenvalue weighted by atomic mass is 10.2. The Morgan fingerprint density at radius 1 is 1.00 bits per heavy atom. The number of aromatic nitrogens is 2. The minimum atomic E-state index is 0.494. The van der Waals surface area contributed by atoms with E-state index in [-0.39, 0.29) is 0 Å². The average Bonchev–Trinajstić information content (AvgIpc) is 2.63. The zero-order chi connectivity index (χ0) is 18.4. The third kappa shape index (κ3) is 4.48. The summed E-state index contributed by atoms with van der Waals surface area (Å²) in [6, 6.07) is 18.9. The summed E-state index contributed by atoms with van der Waals surface area (Å²) >= 11 is 0. The van der Waals surface area contributed by atoms with E-state index in [1.165, 1.54) is 0 Å². The molecule has 0 unspecified atom stereocenters. The molecule has 0 atom stereocenters. The number of nitriles is 1. The first kappa shape index (κ1) is 17.2. The van der Waals surface area contributed by atoms with Crippen LogP contribution in [0.15, 0.2) is 54.6 Å². The number of nitrogens with zero attached hydrogens (tertiary/aromatic N) is 3. The molecule has 0 amide bonds. The van der Waals surface area contributed by atoms with Crippen LogP contribution in [0.1, 0.15) is 18.2 Å². The van der Waals surface area contributed by atoms with Gasteiger partial charge >= 0.3 is 0 Å². The highest BCUT2D eigenvalue weighted by atomic mass is 16.5. The lowest BCUT2D eigenvalue weighted by molar-refractivity contribution is 0.340. The van der Waals surface area contributed by atoms with Crippen molar-refractivity contribution in [1.29, 1.82) is 5.26 Å². The molecule has 3 rings (SSSR count). The fourth-order valence-electron chi connectivity index (χ4n) is 2.43. The van der Waals surface area contributed by atoms with E-state index in [0.717, 1.165) is 22.8 Å². The van der Waals surface area contributed by atoms with Crippen molar-refractivity contribution in [2.24, 2.45) is 0 Å². The van der Waals surface area contributed by atoms with E-state index in [1.54, 1.807) is 12.1 Å². The van der Waals surface area contributed by atoms with Crippen molar-refractivity contribution >= 4 is 23.1 Å². The third-order valence-corrected chi connectivity index (χ3v) is 3.54. The van der Waals surface area contributed by atoms with E-state index in [9.17, 15) is 0 Å². The monoisotopic (exact) mass is 345 g/mol. The first-order valence-electron chi connectivity index (χ1n) is 8.29. The molecular formula is C20H19N5O. The summed E-state index contributed by atoms with van der Waals surface area (Å²) in [6.07, 6.45) is 0. The van der Waals surface area contributed by atoms with Crippen LogP contribution in [0.25, 0.3) is 0 Å². The maximum absolute atomic E-state index is 9.01. The van der Waals surface area contributed by atoms with Crippen molar-refractivity contribution in [3.05, 3.63) is 65.9 Å². The Morgan fingerprint density at radius 3 is 2.54 bits per heavy atom. The predicted octanol–water partition coefficient (Wildman–Crippen LogP) is 4.54. The first-order valence-corrected chi connectivity index (χ1v) is 8.29. The van der Waals surface area contributed by atoms with E-state index in [0.29, 0.717) is 23.9 Å². The normalized spacial score (nSPS) is 10.0. The highest BCUT2D eigenvalue weighted by Crippen LogP contribution is 2.21. The standard InChI is InChI=1S/C20H19N5O/c1-3-26-18-9-7-16(8-10-18)24-20-22-14(2)11-19(25-20)23-17-6-4-5-15(12-17)13-21/h4-12H,3H2,1-2H3,(H2,22,23,24,25). The molecule has 1 heterocycles. The molecule has 0 fully saturated rings. The van der Waals surface area contributed by atoms with Gasteiger partial charge in [-0.05, 0) is 56.3 Å². The molecule has 3 aromatic rings. The molecule has 2 aromatic carbocycles. The van der Waals surface area contributed by atoms with Gasteiger partial charge in [0.05, 0.1) is 18.2 Å². The number of ether oxygens (including phenoxy) is 1. The fraction of sp³-hybridized carbons (Fsp3) is 0.150. The van der Waals surface area contributed by atoms with Crippen molar-refractivity contribution in [1.82, 2.24) is 9.97 Å². The molecule has 0 aliphatic carbocycles. The van der Waals surface area contributed by atoms with Crippen LogP contribution in [-0.2, 0) is 0 Å². The van der Waals surface area contributed by atoms with Crippen LogP contribution in [0.3, 0.4) is 0 Å². The van der Waals surface area contributed by atoms with Gasteiger partial charge in [0.2, 0.25) is 5.95 Å². The molecule has 1 aromatic heterocycles. The van der Waals surface area contributed by atoms with Crippen molar-refractivity contribution in [3.8, 4) is 11.8 Å². The van der Waals surface area contributed by atoms with E-state index < -0.39 is 0 Å². The average molecular weight is 345 g/mol. The third-order valence-electron chi connectivity index (χ3n) is 3.54. The Hall–Kier alpha value is -3.59. The molecule has 0 radical (unpaired) electrons. The number of nitrogens with one attached hydrogen (secondary N) is 2. The van der Waals surface area contributed by atoms with Gasteiger partial charge < -0.3 is 15.4 Å². The quantitative estimate of drug-likeness (QED) is 0.682. The highest BCUT2D eigenvalue weighted by Gasteiger charge is 2.05. The number of rotatable bonds is 6. The predicted molar refractivity (Wildman–Crippen MR) is 102 cm³/mol. The molecule has 26 heavy (non-hydrogen) atoms. The van der Waals surface area contributed by atoms with Crippen molar-refractivity contribution in [2.45, 2.75) is 13.8 Å². The van der Waals surface area contributed by atoms with Gasteiger partial charge in [-0.3, -0.25) is 0 Å². The maximum atomic E-state index is 9.01. The number of anilines is 4. The summed E-state index contributed by atoms with van der Waals surface area (Å²) in [5, 5.41) is 15.4. The zero-order valence-corrected chi connectivity index (χ0v) is 14.7. The van der Waals surface area contributed by atoms with Crippen molar-refractivity contribution < 1.29 is 4.74 Å². The van der Waals surface area contributed by atoms with Crippen LogP contribution in [0.2, 0.25) is 0 Å². The summed E-state index contributed by atoms with van der Waals surface area (Å²) in [6.45, 7) is 4.49. The zero-order valence-electron chi connectivity index (χ0n) is 14.7. The Balaban J connectivity index is 1.77. The highest BCUT2D eigenvalue weighted by molar-refractivity contribution is 5.61. The van der Waals surface area contributed by atoms with Crippen LogP contribution < -0.4 is 15.4 Å². The summed E-state index contributed by atoms with van der Waals surface area (Å²) in [4.78, 5) is 8.91. The molecule has 0 aliphatic heterocycles. The Morgan fingerprint density at radius 2 is 1.81 bits per heavy atom. The Kier molecular flexibility index (Phi) is 5.30. The second-order valence-electron chi connectivity index (χ2n) is 5.62. The van der Waals surface area contributed by atoms with E-state index >= 15 is 0 Å². The lowest BCUT2D eigenvalue weighted by Crippen LogP contribution is -2.02. The molecule has 0 bridgehead atoms. The fourth-order valence-corrected chi connectivity index (χ4v) is 2.43. The van der Waals surface area contributed by atoms with Gasteiger partial charge in [0.1, 0.15) is 11.6 Å². The molecule has 6 heteroatoms. The summed E-state index contributed by atoms with van der Waals surface area (Å²) < 4.78 is 5.44. The van der Waals surface area contributed by atoms with Crippen LogP contribution in [-0.4, -0.2) is 16.6 Å². The Bertz CT molecular complexity index is 932. The molecule has 130 valence electrons. The molecule has 0 saturated heterocycles. The minimum Gasteiger partial charge on any atom is -0.494 e. The number of hydrogen-bond acceptors (Lipinski definition) is 6. The second-order valence-corrected chi connectivity index (χ2v) is 5.62. The number of hydrogen-bond donors (Lipinski definition) is 2. The lowest BCUT2D eigenvalue weighted by Gasteiger charge is -2.11. The van der Waals surface area contributed by atoms with Gasteiger partial charge in [0.15, 0.2) is 0 Å². The molecule has 0 saturated carbocycles. The second kappa shape index (κ2) is 7.99. The molecule has 6 nitrogen and oxygen atoms in total. The topological polar surface area (TPSA) is 82.9 Å². The van der Waals surface area contributed by atoms with Gasteiger partial charge in [-0.25, -0.2) is 4.98 Å². The van der Waals surface area contributed by atoms with Crippen molar-refractivity contribution in [2.75, 3.05) is 17.2 Å². The minimum absolute atomic E-state index is 0.494. The van der Waals surface area contributed by atoms with Crippen LogP contribution in [0.5, 0.6) is 5.75 Å². The Labute approximate surface area is 152 Å². The van der Waals surface area contributed by atoms with E-state index in [2.05, 4.69) is 26.7 Å². The summed E-state index contributed by atoms with van der Waals surface area (Å²) in [5.41, 5.74) is 3.09. The van der Waals surface area contributed by atoms with Gasteiger partial charge in [-0.2, -0.15) is 10.2 Å².